The summed E-state index contributed by atoms with van der Waals surface area (Å²) in [5, 5.41) is 6.41. The predicted molar refractivity (Wildman–Crippen MR) is 105 cm³/mol. The van der Waals surface area contributed by atoms with Crippen LogP contribution in [0, 0.1) is 5.92 Å². The Balaban J connectivity index is 0.00000264. The molecule has 0 aromatic heterocycles. The molecule has 1 aromatic rings. The van der Waals surface area contributed by atoms with Crippen molar-refractivity contribution in [1.29, 1.82) is 0 Å². The Hall–Kier alpha value is -0.810. The van der Waals surface area contributed by atoms with E-state index in [0.717, 1.165) is 45.1 Å². The average molecular weight is 376 g/mol. The smallest absolute Gasteiger partial charge is 0.220 e. The fourth-order valence-electron chi connectivity index (χ4n) is 2.95. The van der Waals surface area contributed by atoms with Crippen LogP contribution in [0.3, 0.4) is 0 Å². The monoisotopic (exact) mass is 375 g/mol. The van der Waals surface area contributed by atoms with E-state index in [1.54, 1.807) is 0 Å². The Morgan fingerprint density at radius 2 is 1.88 bits per heavy atom. The van der Waals surface area contributed by atoms with Gasteiger partial charge in [-0.15, -0.1) is 24.8 Å². The van der Waals surface area contributed by atoms with Crippen LogP contribution in [0.25, 0.3) is 0 Å². The molecule has 1 aliphatic heterocycles. The number of carbonyl (C=O) groups excluding carboxylic acids is 1. The highest BCUT2D eigenvalue weighted by Gasteiger charge is 2.14. The first kappa shape index (κ1) is 23.2. The molecule has 4 nitrogen and oxygen atoms in total. The zero-order chi connectivity index (χ0) is 15.6. The SMILES string of the molecule is CN(CCNC(=O)CCC1CCNCC1)Cc1ccccc1.Cl.Cl. The Morgan fingerprint density at radius 3 is 2.54 bits per heavy atom. The minimum Gasteiger partial charge on any atom is -0.355 e. The molecular weight excluding hydrogens is 345 g/mol. The maximum Gasteiger partial charge on any atom is 0.220 e. The van der Waals surface area contributed by atoms with Crippen LogP contribution in [0.1, 0.15) is 31.2 Å². The molecule has 0 spiro atoms. The van der Waals surface area contributed by atoms with Gasteiger partial charge in [-0.1, -0.05) is 30.3 Å². The second-order valence-corrected chi connectivity index (χ2v) is 6.31. The van der Waals surface area contributed by atoms with Crippen LogP contribution in [0.15, 0.2) is 30.3 Å². The summed E-state index contributed by atoms with van der Waals surface area (Å²) in [6.45, 7) is 4.75. The summed E-state index contributed by atoms with van der Waals surface area (Å²) in [6, 6.07) is 10.4. The van der Waals surface area contributed by atoms with Gasteiger partial charge in [0.05, 0.1) is 0 Å². The van der Waals surface area contributed by atoms with Gasteiger partial charge in [0.2, 0.25) is 5.91 Å². The minimum atomic E-state index is 0. The average Bonchev–Trinajstić information content (AvgIpc) is 2.55. The maximum atomic E-state index is 11.9. The van der Waals surface area contributed by atoms with Gasteiger partial charge in [-0.2, -0.15) is 0 Å². The van der Waals surface area contributed by atoms with Gasteiger partial charge in [-0.3, -0.25) is 4.79 Å². The van der Waals surface area contributed by atoms with Crippen molar-refractivity contribution in [1.82, 2.24) is 15.5 Å². The summed E-state index contributed by atoms with van der Waals surface area (Å²) in [7, 11) is 2.09. The zero-order valence-corrected chi connectivity index (χ0v) is 16.1. The number of benzene rings is 1. The van der Waals surface area contributed by atoms with Crippen LogP contribution in [0.2, 0.25) is 0 Å². The minimum absolute atomic E-state index is 0. The lowest BCUT2D eigenvalue weighted by Gasteiger charge is -2.22. The summed E-state index contributed by atoms with van der Waals surface area (Å²) in [6.07, 6.45) is 4.14. The highest BCUT2D eigenvalue weighted by molar-refractivity contribution is 5.85. The van der Waals surface area contributed by atoms with E-state index < -0.39 is 0 Å². The molecule has 1 aliphatic rings. The first-order chi connectivity index (χ1) is 10.7. The molecule has 138 valence electrons. The molecule has 2 N–H and O–H groups in total. The van der Waals surface area contributed by atoms with Gasteiger partial charge < -0.3 is 15.5 Å². The Kier molecular flexibility index (Phi) is 13.0. The lowest BCUT2D eigenvalue weighted by atomic mass is 9.93. The Labute approximate surface area is 158 Å². The Morgan fingerprint density at radius 1 is 1.21 bits per heavy atom. The topological polar surface area (TPSA) is 44.4 Å². The summed E-state index contributed by atoms with van der Waals surface area (Å²) >= 11 is 0. The molecule has 1 aromatic carbocycles. The third-order valence-electron chi connectivity index (χ3n) is 4.35. The van der Waals surface area contributed by atoms with Gasteiger partial charge in [0.15, 0.2) is 0 Å². The molecule has 1 amide bonds. The van der Waals surface area contributed by atoms with Crippen LogP contribution in [-0.2, 0) is 11.3 Å². The summed E-state index contributed by atoms with van der Waals surface area (Å²) in [5.74, 6) is 0.930. The number of hydrogen-bond donors (Lipinski definition) is 2. The van der Waals surface area contributed by atoms with Gasteiger partial charge in [0.1, 0.15) is 0 Å². The van der Waals surface area contributed by atoms with E-state index in [-0.39, 0.29) is 30.7 Å². The van der Waals surface area contributed by atoms with E-state index in [4.69, 9.17) is 0 Å². The fourth-order valence-corrected chi connectivity index (χ4v) is 2.95. The molecule has 1 heterocycles. The fraction of sp³-hybridized carbons (Fsp3) is 0.611. The van der Waals surface area contributed by atoms with E-state index in [0.29, 0.717) is 6.42 Å². The van der Waals surface area contributed by atoms with Crippen molar-refractivity contribution in [2.45, 2.75) is 32.2 Å². The van der Waals surface area contributed by atoms with Gasteiger partial charge in [-0.05, 0) is 50.9 Å². The molecule has 0 saturated carbocycles. The standard InChI is InChI=1S/C18H29N3O.2ClH/c1-21(15-17-5-3-2-4-6-17)14-13-20-18(22)8-7-16-9-11-19-12-10-16;;/h2-6,16,19H,7-15H2,1H3,(H,20,22);2*1H. The molecular formula is C18H31Cl2N3O. The van der Waals surface area contributed by atoms with Crippen LogP contribution in [-0.4, -0.2) is 44.0 Å². The number of nitrogens with zero attached hydrogens (tertiary/aromatic N) is 1. The molecule has 24 heavy (non-hydrogen) atoms. The van der Waals surface area contributed by atoms with E-state index in [2.05, 4.69) is 46.8 Å². The van der Waals surface area contributed by atoms with Crippen molar-refractivity contribution >= 4 is 30.7 Å². The molecule has 2 rings (SSSR count). The van der Waals surface area contributed by atoms with Crippen molar-refractivity contribution in [3.8, 4) is 0 Å². The predicted octanol–water partition coefficient (Wildman–Crippen LogP) is 2.86. The maximum absolute atomic E-state index is 11.9. The van der Waals surface area contributed by atoms with E-state index >= 15 is 0 Å². The van der Waals surface area contributed by atoms with E-state index in [1.165, 1.54) is 18.4 Å². The highest BCUT2D eigenvalue weighted by Crippen LogP contribution is 2.17. The number of halogens is 2. The molecule has 6 heteroatoms. The van der Waals surface area contributed by atoms with Gasteiger partial charge >= 0.3 is 0 Å². The van der Waals surface area contributed by atoms with Crippen molar-refractivity contribution < 1.29 is 4.79 Å². The van der Waals surface area contributed by atoms with Crippen LogP contribution in [0.5, 0.6) is 0 Å². The number of rotatable bonds is 8. The third-order valence-corrected chi connectivity index (χ3v) is 4.35. The molecule has 0 atom stereocenters. The number of carbonyl (C=O) groups is 1. The third kappa shape index (κ3) is 9.48. The van der Waals surface area contributed by atoms with Crippen molar-refractivity contribution in [2.24, 2.45) is 5.92 Å². The molecule has 1 fully saturated rings. The first-order valence-electron chi connectivity index (χ1n) is 8.44. The van der Waals surface area contributed by atoms with Gasteiger partial charge in [0.25, 0.3) is 0 Å². The van der Waals surface area contributed by atoms with Crippen LogP contribution < -0.4 is 10.6 Å². The van der Waals surface area contributed by atoms with E-state index in [9.17, 15) is 4.79 Å². The van der Waals surface area contributed by atoms with Crippen molar-refractivity contribution in [3.63, 3.8) is 0 Å². The van der Waals surface area contributed by atoms with Crippen LogP contribution >= 0.6 is 24.8 Å². The number of nitrogens with one attached hydrogen (secondary N) is 2. The molecule has 1 saturated heterocycles. The zero-order valence-electron chi connectivity index (χ0n) is 14.5. The van der Waals surface area contributed by atoms with Crippen LogP contribution in [0.4, 0.5) is 0 Å². The Bertz CT molecular complexity index is 439. The molecule has 0 aliphatic carbocycles. The van der Waals surface area contributed by atoms with Gasteiger partial charge in [0, 0.05) is 26.1 Å². The first-order valence-corrected chi connectivity index (χ1v) is 8.44. The van der Waals surface area contributed by atoms with Crippen molar-refractivity contribution in [3.05, 3.63) is 35.9 Å². The van der Waals surface area contributed by atoms with Gasteiger partial charge in [-0.25, -0.2) is 0 Å². The number of hydrogen-bond acceptors (Lipinski definition) is 3. The molecule has 0 unspecified atom stereocenters. The second kappa shape index (κ2) is 13.5. The lowest BCUT2D eigenvalue weighted by molar-refractivity contribution is -0.121. The lowest BCUT2D eigenvalue weighted by Crippen LogP contribution is -2.33. The molecule has 0 bridgehead atoms. The number of piperidine rings is 1. The normalized spacial score (nSPS) is 14.6. The highest BCUT2D eigenvalue weighted by atomic mass is 35.5. The van der Waals surface area contributed by atoms with Crippen molar-refractivity contribution in [2.75, 3.05) is 33.2 Å². The molecule has 0 radical (unpaired) electrons. The number of amides is 1. The summed E-state index contributed by atoms with van der Waals surface area (Å²) in [5.41, 5.74) is 1.31. The largest absolute Gasteiger partial charge is 0.355 e. The quantitative estimate of drug-likeness (QED) is 0.733. The summed E-state index contributed by atoms with van der Waals surface area (Å²) < 4.78 is 0. The van der Waals surface area contributed by atoms with E-state index in [1.807, 2.05) is 6.07 Å². The number of likely N-dealkylation sites (N-methyl/N-ethyl adjacent to an activating group) is 1. The second-order valence-electron chi connectivity index (χ2n) is 6.31. The summed E-state index contributed by atoms with van der Waals surface area (Å²) in [4.78, 5) is 14.1.